The number of nitrogens with one attached hydrogen (secondary N) is 1. The van der Waals surface area contributed by atoms with Crippen molar-refractivity contribution in [3.8, 4) is 0 Å². The van der Waals surface area contributed by atoms with Crippen LogP contribution in [0.3, 0.4) is 0 Å². The second-order valence-electron chi connectivity index (χ2n) is 5.96. The normalized spacial score (nSPS) is 15.8. The molecular formula is C19H16F2N2O3. The van der Waals surface area contributed by atoms with Crippen LogP contribution < -0.4 is 10.2 Å². The number of amides is 2. The molecule has 2 amide bonds. The number of Topliss-reactive ketones (excluding diaryl/α,β-unsaturated/α-hetero) is 1. The van der Waals surface area contributed by atoms with Crippen molar-refractivity contribution in [1.82, 2.24) is 0 Å². The van der Waals surface area contributed by atoms with Crippen LogP contribution in [0, 0.1) is 11.6 Å². The Morgan fingerprint density at radius 1 is 1.15 bits per heavy atom. The van der Waals surface area contributed by atoms with Crippen molar-refractivity contribution in [1.29, 1.82) is 0 Å². The first-order chi connectivity index (χ1) is 12.3. The monoisotopic (exact) mass is 358 g/mol. The first kappa shape index (κ1) is 17.7. The van der Waals surface area contributed by atoms with E-state index in [-0.39, 0.29) is 11.5 Å². The Hall–Kier alpha value is -3.09. The van der Waals surface area contributed by atoms with Crippen molar-refractivity contribution in [2.75, 3.05) is 16.8 Å². The lowest BCUT2D eigenvalue weighted by Crippen LogP contribution is -2.33. The van der Waals surface area contributed by atoms with Crippen LogP contribution in [-0.2, 0) is 9.59 Å². The Morgan fingerprint density at radius 3 is 2.50 bits per heavy atom. The van der Waals surface area contributed by atoms with Crippen LogP contribution in [0.4, 0.5) is 20.2 Å². The lowest BCUT2D eigenvalue weighted by atomic mass is 9.96. The van der Waals surface area contributed by atoms with Gasteiger partial charge in [0.1, 0.15) is 17.6 Å². The maximum Gasteiger partial charge on any atom is 0.244 e. The Morgan fingerprint density at radius 2 is 1.88 bits per heavy atom. The number of ketones is 1. The number of hydrogen-bond donors (Lipinski definition) is 1. The van der Waals surface area contributed by atoms with Crippen LogP contribution in [0.15, 0.2) is 36.4 Å². The summed E-state index contributed by atoms with van der Waals surface area (Å²) in [5.41, 5.74) is 1.09. The maximum absolute atomic E-state index is 13.8. The van der Waals surface area contributed by atoms with Gasteiger partial charge in [-0.1, -0.05) is 0 Å². The van der Waals surface area contributed by atoms with Crippen LogP contribution in [0.2, 0.25) is 0 Å². The molecule has 1 N–H and O–H groups in total. The molecule has 1 unspecified atom stereocenters. The molecular weight excluding hydrogens is 342 g/mol. The number of nitrogens with zero attached hydrogens (tertiary/aromatic N) is 1. The maximum atomic E-state index is 13.8. The number of benzene rings is 2. The summed E-state index contributed by atoms with van der Waals surface area (Å²) in [7, 11) is 0. The molecule has 7 heteroatoms. The summed E-state index contributed by atoms with van der Waals surface area (Å²) in [5, 5.41) is 2.33. The van der Waals surface area contributed by atoms with Gasteiger partial charge < -0.3 is 10.2 Å². The molecule has 134 valence electrons. The number of carbonyl (C=O) groups is 3. The van der Waals surface area contributed by atoms with E-state index in [1.807, 2.05) is 0 Å². The minimum Gasteiger partial charge on any atom is -0.323 e. The minimum absolute atomic E-state index is 0.195. The van der Waals surface area contributed by atoms with E-state index in [0.29, 0.717) is 29.4 Å². The van der Waals surface area contributed by atoms with E-state index in [1.165, 1.54) is 17.9 Å². The summed E-state index contributed by atoms with van der Waals surface area (Å²) in [6, 6.07) is 7.47. The van der Waals surface area contributed by atoms with Crippen LogP contribution in [0.5, 0.6) is 0 Å². The van der Waals surface area contributed by atoms with Crippen LogP contribution in [-0.4, -0.2) is 24.1 Å². The van der Waals surface area contributed by atoms with E-state index in [2.05, 4.69) is 5.32 Å². The Kier molecular flexibility index (Phi) is 4.54. The predicted octanol–water partition coefficient (Wildman–Crippen LogP) is 3.26. The number of anilines is 2. The first-order valence-electron chi connectivity index (χ1n) is 8.05. The van der Waals surface area contributed by atoms with Gasteiger partial charge in [0.25, 0.3) is 0 Å². The first-order valence-corrected chi connectivity index (χ1v) is 8.05. The van der Waals surface area contributed by atoms with E-state index >= 15 is 0 Å². The summed E-state index contributed by atoms with van der Waals surface area (Å²) < 4.78 is 26.8. The molecule has 1 atom stereocenters. The second kappa shape index (κ2) is 6.67. The van der Waals surface area contributed by atoms with E-state index in [0.717, 1.165) is 12.1 Å². The van der Waals surface area contributed by atoms with E-state index in [4.69, 9.17) is 0 Å². The standard InChI is InChI=1S/C19H16F2N2O3/c1-3-23-16-7-4-11(10(2)24)8-13(16)17(19(23)26)18(25)22-15-6-5-12(20)9-14(15)21/h4-9,17H,3H2,1-2H3,(H,22,25). The minimum atomic E-state index is -1.20. The van der Waals surface area contributed by atoms with Gasteiger partial charge in [0.15, 0.2) is 5.78 Å². The summed E-state index contributed by atoms with van der Waals surface area (Å²) in [4.78, 5) is 38.4. The highest BCUT2D eigenvalue weighted by atomic mass is 19.1. The number of carbonyl (C=O) groups excluding carboxylic acids is 3. The zero-order valence-electron chi connectivity index (χ0n) is 14.2. The molecule has 0 saturated carbocycles. The summed E-state index contributed by atoms with van der Waals surface area (Å²) in [6.45, 7) is 3.50. The molecule has 0 radical (unpaired) electrons. The Labute approximate surface area is 148 Å². The molecule has 1 aliphatic rings. The van der Waals surface area contributed by atoms with Crippen molar-refractivity contribution >= 4 is 29.0 Å². The molecule has 0 fully saturated rings. The molecule has 2 aromatic rings. The van der Waals surface area contributed by atoms with Gasteiger partial charge >= 0.3 is 0 Å². The molecule has 2 aromatic carbocycles. The molecule has 26 heavy (non-hydrogen) atoms. The highest BCUT2D eigenvalue weighted by Gasteiger charge is 2.41. The van der Waals surface area contributed by atoms with Crippen molar-refractivity contribution in [3.05, 3.63) is 59.2 Å². The fourth-order valence-corrected chi connectivity index (χ4v) is 3.03. The summed E-state index contributed by atoms with van der Waals surface area (Å²) >= 11 is 0. The zero-order valence-corrected chi connectivity index (χ0v) is 14.2. The van der Waals surface area contributed by atoms with Gasteiger partial charge in [0, 0.05) is 23.9 Å². The largest absolute Gasteiger partial charge is 0.323 e. The second-order valence-corrected chi connectivity index (χ2v) is 5.96. The van der Waals surface area contributed by atoms with Crippen molar-refractivity contribution in [2.45, 2.75) is 19.8 Å². The molecule has 0 aliphatic carbocycles. The van der Waals surface area contributed by atoms with E-state index < -0.39 is 29.4 Å². The van der Waals surface area contributed by atoms with Crippen molar-refractivity contribution < 1.29 is 23.2 Å². The Bertz CT molecular complexity index is 927. The lowest BCUT2D eigenvalue weighted by Gasteiger charge is -2.15. The number of rotatable bonds is 4. The molecule has 1 aliphatic heterocycles. The van der Waals surface area contributed by atoms with E-state index in [9.17, 15) is 23.2 Å². The van der Waals surface area contributed by atoms with Crippen molar-refractivity contribution in [3.63, 3.8) is 0 Å². The number of hydrogen-bond acceptors (Lipinski definition) is 3. The van der Waals surface area contributed by atoms with Gasteiger partial charge in [0.2, 0.25) is 11.8 Å². The van der Waals surface area contributed by atoms with Crippen LogP contribution in [0.25, 0.3) is 0 Å². The number of fused-ring (bicyclic) bond motifs is 1. The van der Waals surface area contributed by atoms with Crippen LogP contribution >= 0.6 is 0 Å². The quantitative estimate of drug-likeness (QED) is 0.674. The van der Waals surface area contributed by atoms with Gasteiger partial charge in [-0.25, -0.2) is 8.78 Å². The Balaban J connectivity index is 1.99. The molecule has 3 rings (SSSR count). The lowest BCUT2D eigenvalue weighted by molar-refractivity contribution is -0.126. The van der Waals surface area contributed by atoms with Crippen LogP contribution in [0.1, 0.15) is 35.7 Å². The van der Waals surface area contributed by atoms with Gasteiger partial charge in [0.05, 0.1) is 5.69 Å². The van der Waals surface area contributed by atoms with Gasteiger partial charge in [-0.15, -0.1) is 0 Å². The molecule has 0 saturated heterocycles. The molecule has 0 bridgehead atoms. The smallest absolute Gasteiger partial charge is 0.244 e. The molecule has 0 spiro atoms. The van der Waals surface area contributed by atoms with Gasteiger partial charge in [-0.05, 0) is 49.7 Å². The van der Waals surface area contributed by atoms with Gasteiger partial charge in [-0.2, -0.15) is 0 Å². The third kappa shape index (κ3) is 2.96. The summed E-state index contributed by atoms with van der Waals surface area (Å²) in [6.07, 6.45) is 0. The fraction of sp³-hybridized carbons (Fsp3) is 0.211. The zero-order chi connectivity index (χ0) is 19.0. The summed E-state index contributed by atoms with van der Waals surface area (Å²) in [5.74, 6) is -4.30. The molecule has 1 heterocycles. The average molecular weight is 358 g/mol. The third-order valence-corrected chi connectivity index (χ3v) is 4.32. The van der Waals surface area contributed by atoms with E-state index in [1.54, 1.807) is 19.1 Å². The molecule has 0 aromatic heterocycles. The SMILES string of the molecule is CCN1C(=O)C(C(=O)Nc2ccc(F)cc2F)c2cc(C(C)=O)ccc21. The predicted molar refractivity (Wildman–Crippen MR) is 92.2 cm³/mol. The van der Waals surface area contributed by atoms with Gasteiger partial charge in [-0.3, -0.25) is 14.4 Å². The highest BCUT2D eigenvalue weighted by Crippen LogP contribution is 2.38. The highest BCUT2D eigenvalue weighted by molar-refractivity contribution is 6.20. The number of likely N-dealkylation sites (N-methyl/N-ethyl adjacent to an activating group) is 1. The third-order valence-electron chi connectivity index (χ3n) is 4.32. The van der Waals surface area contributed by atoms with Crippen molar-refractivity contribution in [2.24, 2.45) is 0 Å². The molecule has 5 nitrogen and oxygen atoms in total. The average Bonchev–Trinajstić information content (AvgIpc) is 2.87. The topological polar surface area (TPSA) is 66.5 Å². The number of halogens is 2. The fourth-order valence-electron chi connectivity index (χ4n) is 3.03.